The van der Waals surface area contributed by atoms with Crippen LogP contribution in [0.2, 0.25) is 0 Å². The van der Waals surface area contributed by atoms with Crippen molar-refractivity contribution >= 4 is 39.1 Å². The van der Waals surface area contributed by atoms with E-state index in [0.29, 0.717) is 22.2 Å². The summed E-state index contributed by atoms with van der Waals surface area (Å²) in [6.07, 6.45) is 6.01. The van der Waals surface area contributed by atoms with Gasteiger partial charge in [0.1, 0.15) is 11.0 Å². The number of anilines is 2. The molecular formula is C22H26FN7O. The summed E-state index contributed by atoms with van der Waals surface area (Å²) in [7, 11) is 5.08. The van der Waals surface area contributed by atoms with Gasteiger partial charge in [-0.1, -0.05) is 0 Å². The van der Waals surface area contributed by atoms with Gasteiger partial charge in [0.25, 0.3) is 5.91 Å². The molecular weight excluding hydrogens is 397 g/mol. The Morgan fingerprint density at radius 3 is 2.45 bits per heavy atom. The van der Waals surface area contributed by atoms with Crippen LogP contribution in [0.1, 0.15) is 23.2 Å². The van der Waals surface area contributed by atoms with Gasteiger partial charge < -0.3 is 16.0 Å². The number of amides is 1. The van der Waals surface area contributed by atoms with Gasteiger partial charge in [0.2, 0.25) is 0 Å². The van der Waals surface area contributed by atoms with Gasteiger partial charge in [0.05, 0.1) is 5.56 Å². The lowest BCUT2D eigenvalue weighted by Gasteiger charge is -2.19. The van der Waals surface area contributed by atoms with Crippen molar-refractivity contribution in [2.24, 2.45) is 19.8 Å². The van der Waals surface area contributed by atoms with Gasteiger partial charge in [0.15, 0.2) is 5.82 Å². The molecule has 2 aromatic carbocycles. The first kappa shape index (κ1) is 20.8. The zero-order valence-electron chi connectivity index (χ0n) is 17.9. The van der Waals surface area contributed by atoms with Crippen molar-refractivity contribution in [2.75, 3.05) is 30.4 Å². The van der Waals surface area contributed by atoms with Crippen molar-refractivity contribution in [1.82, 2.24) is 19.6 Å². The van der Waals surface area contributed by atoms with Gasteiger partial charge in [-0.3, -0.25) is 14.2 Å². The van der Waals surface area contributed by atoms with Crippen molar-refractivity contribution in [2.45, 2.75) is 12.8 Å². The summed E-state index contributed by atoms with van der Waals surface area (Å²) in [6, 6.07) is 6.80. The largest absolute Gasteiger partial charge is 0.371 e. The summed E-state index contributed by atoms with van der Waals surface area (Å²) in [5.41, 5.74) is 7.39. The molecule has 9 heteroatoms. The normalized spacial score (nSPS) is 13.5. The first-order valence-electron chi connectivity index (χ1n) is 10.2. The number of rotatable bonds is 3. The molecule has 4 aromatic rings. The smallest absolute Gasteiger partial charge is 0.257 e. The number of carbonyl (C=O) groups excluding carboxylic acids is 1. The third-order valence-electron chi connectivity index (χ3n) is 5.39. The molecule has 0 spiro atoms. The molecule has 3 N–H and O–H groups in total. The van der Waals surface area contributed by atoms with Crippen LogP contribution in [0.4, 0.5) is 15.8 Å². The maximum atomic E-state index is 14.3. The Hall–Kier alpha value is -3.46. The maximum absolute atomic E-state index is 14.3. The van der Waals surface area contributed by atoms with Crippen LogP contribution < -0.4 is 16.0 Å². The number of aromatic nitrogens is 4. The minimum absolute atomic E-state index is 0.285. The first-order chi connectivity index (χ1) is 15.0. The molecule has 8 nitrogen and oxygen atoms in total. The number of benzene rings is 2. The van der Waals surface area contributed by atoms with Gasteiger partial charge in [-0.2, -0.15) is 10.2 Å². The minimum Gasteiger partial charge on any atom is -0.371 e. The molecule has 1 fully saturated rings. The highest BCUT2D eigenvalue weighted by Crippen LogP contribution is 2.31. The molecule has 0 saturated carbocycles. The van der Waals surface area contributed by atoms with Gasteiger partial charge in [-0.05, 0) is 44.2 Å². The number of halogens is 1. The quantitative estimate of drug-likeness (QED) is 0.528. The van der Waals surface area contributed by atoms with Crippen LogP contribution in [-0.2, 0) is 14.1 Å². The monoisotopic (exact) mass is 423 g/mol. The van der Waals surface area contributed by atoms with Gasteiger partial charge in [-0.15, -0.1) is 0 Å². The predicted molar refractivity (Wildman–Crippen MR) is 121 cm³/mol. The van der Waals surface area contributed by atoms with E-state index in [4.69, 9.17) is 0 Å². The van der Waals surface area contributed by atoms with Crippen LogP contribution in [0.5, 0.6) is 0 Å². The summed E-state index contributed by atoms with van der Waals surface area (Å²) in [6.45, 7) is 2.03. The Kier molecular flexibility index (Phi) is 5.60. The average Bonchev–Trinajstić information content (AvgIpc) is 3.47. The third kappa shape index (κ3) is 3.84. The zero-order valence-corrected chi connectivity index (χ0v) is 17.9. The number of hydrogen-bond acceptors (Lipinski definition) is 5. The van der Waals surface area contributed by atoms with E-state index in [1.54, 1.807) is 34.7 Å². The topological polar surface area (TPSA) is 94.0 Å². The van der Waals surface area contributed by atoms with E-state index < -0.39 is 5.82 Å². The van der Waals surface area contributed by atoms with Crippen molar-refractivity contribution in [3.63, 3.8) is 0 Å². The van der Waals surface area contributed by atoms with Gasteiger partial charge in [0, 0.05) is 61.7 Å². The van der Waals surface area contributed by atoms with Crippen LogP contribution in [0.15, 0.2) is 36.7 Å². The average molecular weight is 423 g/mol. The number of hydrogen-bond donors (Lipinski definition) is 2. The first-order valence-corrected chi connectivity index (χ1v) is 10.2. The zero-order chi connectivity index (χ0) is 22.1. The Balaban J connectivity index is 0.00000112. The second-order valence-electron chi connectivity index (χ2n) is 7.54. The molecule has 1 aliphatic heterocycles. The van der Waals surface area contributed by atoms with E-state index >= 15 is 0 Å². The second-order valence-corrected chi connectivity index (χ2v) is 7.54. The Bertz CT molecular complexity index is 1250. The minimum atomic E-state index is -0.467. The molecule has 0 unspecified atom stereocenters. The molecule has 2 aromatic heterocycles. The van der Waals surface area contributed by atoms with E-state index in [2.05, 4.69) is 26.1 Å². The molecule has 1 amide bonds. The predicted octanol–water partition coefficient (Wildman–Crippen LogP) is 3.03. The fourth-order valence-electron chi connectivity index (χ4n) is 4.11. The molecule has 0 radical (unpaired) electrons. The number of nitrogens with one attached hydrogen (secondary N) is 1. The summed E-state index contributed by atoms with van der Waals surface area (Å²) < 4.78 is 17.6. The molecule has 162 valence electrons. The van der Waals surface area contributed by atoms with Crippen molar-refractivity contribution in [3.8, 4) is 0 Å². The lowest BCUT2D eigenvalue weighted by atomic mass is 10.1. The number of nitrogens with two attached hydrogens (primary N) is 1. The highest BCUT2D eigenvalue weighted by molar-refractivity contribution is 6.14. The van der Waals surface area contributed by atoms with E-state index in [-0.39, 0.29) is 11.4 Å². The van der Waals surface area contributed by atoms with E-state index in [1.807, 2.05) is 19.3 Å². The highest BCUT2D eigenvalue weighted by atomic mass is 19.1. The lowest BCUT2D eigenvalue weighted by Crippen LogP contribution is -2.18. The van der Waals surface area contributed by atoms with E-state index in [1.165, 1.54) is 26.0 Å². The number of nitrogens with zero attached hydrogens (tertiary/aromatic N) is 5. The van der Waals surface area contributed by atoms with Crippen LogP contribution in [-0.4, -0.2) is 45.6 Å². The van der Waals surface area contributed by atoms with Gasteiger partial charge in [-0.25, -0.2) is 4.39 Å². The molecule has 5 rings (SSSR count). The Labute approximate surface area is 179 Å². The molecule has 0 atom stereocenters. The lowest BCUT2D eigenvalue weighted by molar-refractivity contribution is 0.102. The maximum Gasteiger partial charge on any atom is 0.257 e. The number of fused-ring (bicyclic) bond motifs is 2. The summed E-state index contributed by atoms with van der Waals surface area (Å²) >= 11 is 0. The second kappa shape index (κ2) is 8.35. The summed E-state index contributed by atoms with van der Waals surface area (Å²) in [4.78, 5) is 15.3. The Morgan fingerprint density at radius 2 is 1.71 bits per heavy atom. The van der Waals surface area contributed by atoms with Crippen LogP contribution in [0.25, 0.3) is 21.8 Å². The van der Waals surface area contributed by atoms with Crippen LogP contribution in [0, 0.1) is 5.82 Å². The van der Waals surface area contributed by atoms with Crippen molar-refractivity contribution < 1.29 is 9.18 Å². The summed E-state index contributed by atoms with van der Waals surface area (Å²) in [5, 5.41) is 13.0. The summed E-state index contributed by atoms with van der Waals surface area (Å²) in [5.74, 6) is -0.782. The number of carbonyl (C=O) groups is 1. The third-order valence-corrected chi connectivity index (χ3v) is 5.39. The van der Waals surface area contributed by atoms with Gasteiger partial charge >= 0.3 is 0 Å². The number of aryl methyl sites for hydroxylation is 2. The SMILES string of the molecule is CN.Cn1cc2cc(NC(=O)c3ccc(N4CCCC4)c4cn(C)nc34)cc(F)c2n1. The van der Waals surface area contributed by atoms with E-state index in [0.717, 1.165) is 24.2 Å². The molecule has 31 heavy (non-hydrogen) atoms. The standard InChI is InChI=1S/C21H21FN6O.CH5N/c1-26-11-13-9-14(10-17(22)19(13)24-26)23-21(29)15-5-6-18(28-7-3-4-8-28)16-12-27(2)25-20(15)16;1-2/h5-6,9-12H,3-4,7-8H2,1-2H3,(H,23,29);2H2,1H3. The molecule has 1 saturated heterocycles. The molecule has 1 aliphatic rings. The van der Waals surface area contributed by atoms with Crippen molar-refractivity contribution in [3.05, 3.63) is 48.0 Å². The molecule has 3 heterocycles. The fourth-order valence-corrected chi connectivity index (χ4v) is 4.11. The fraction of sp³-hybridized carbons (Fsp3) is 0.318. The molecule has 0 aliphatic carbocycles. The van der Waals surface area contributed by atoms with Crippen LogP contribution >= 0.6 is 0 Å². The highest BCUT2D eigenvalue weighted by Gasteiger charge is 2.21. The van der Waals surface area contributed by atoms with Crippen LogP contribution in [0.3, 0.4) is 0 Å². The van der Waals surface area contributed by atoms with Crippen molar-refractivity contribution in [1.29, 1.82) is 0 Å². The molecule has 0 bridgehead atoms. The van der Waals surface area contributed by atoms with E-state index in [9.17, 15) is 9.18 Å². The Morgan fingerprint density at radius 1 is 1.03 bits per heavy atom.